The van der Waals surface area contributed by atoms with Crippen molar-refractivity contribution in [1.29, 1.82) is 0 Å². The standard InChI is InChI=1S/C10H18O2/c1-5-10(4,12)7-6-9(11)8(2)3/h5,9,11-12H,1-2,6-7H2,3-4H3/t9-,10+/m0/s1. The minimum Gasteiger partial charge on any atom is -0.389 e. The summed E-state index contributed by atoms with van der Waals surface area (Å²) in [5.74, 6) is 0. The summed E-state index contributed by atoms with van der Waals surface area (Å²) < 4.78 is 0. The van der Waals surface area contributed by atoms with E-state index in [0.29, 0.717) is 12.8 Å². The molecule has 2 N–H and O–H groups in total. The van der Waals surface area contributed by atoms with Crippen molar-refractivity contribution in [1.82, 2.24) is 0 Å². The van der Waals surface area contributed by atoms with Crippen molar-refractivity contribution in [3.8, 4) is 0 Å². The zero-order chi connectivity index (χ0) is 9.78. The van der Waals surface area contributed by atoms with Gasteiger partial charge in [0, 0.05) is 0 Å². The Morgan fingerprint density at radius 3 is 2.50 bits per heavy atom. The van der Waals surface area contributed by atoms with E-state index in [4.69, 9.17) is 0 Å². The van der Waals surface area contributed by atoms with Crippen molar-refractivity contribution in [3.05, 3.63) is 24.8 Å². The molecular formula is C10H18O2. The van der Waals surface area contributed by atoms with Crippen molar-refractivity contribution < 1.29 is 10.2 Å². The van der Waals surface area contributed by atoms with Crippen molar-refractivity contribution >= 4 is 0 Å². The summed E-state index contributed by atoms with van der Waals surface area (Å²) in [4.78, 5) is 0. The summed E-state index contributed by atoms with van der Waals surface area (Å²) in [7, 11) is 0. The summed E-state index contributed by atoms with van der Waals surface area (Å²) in [5, 5.41) is 18.8. The maximum atomic E-state index is 9.50. The van der Waals surface area contributed by atoms with Gasteiger partial charge in [0.25, 0.3) is 0 Å². The molecule has 0 unspecified atom stereocenters. The fourth-order valence-electron chi connectivity index (χ4n) is 0.777. The maximum absolute atomic E-state index is 9.50. The molecule has 0 aromatic rings. The van der Waals surface area contributed by atoms with E-state index in [0.717, 1.165) is 5.57 Å². The van der Waals surface area contributed by atoms with E-state index >= 15 is 0 Å². The van der Waals surface area contributed by atoms with Crippen molar-refractivity contribution in [3.63, 3.8) is 0 Å². The number of rotatable bonds is 5. The Bertz CT molecular complexity index is 171. The zero-order valence-electron chi connectivity index (χ0n) is 7.88. The van der Waals surface area contributed by atoms with Gasteiger partial charge in [-0.05, 0) is 26.7 Å². The largest absolute Gasteiger partial charge is 0.389 e. The van der Waals surface area contributed by atoms with E-state index in [1.54, 1.807) is 13.8 Å². The normalized spacial score (nSPS) is 18.0. The predicted octanol–water partition coefficient (Wildman–Crippen LogP) is 1.64. The van der Waals surface area contributed by atoms with Crippen LogP contribution in [-0.4, -0.2) is 21.9 Å². The van der Waals surface area contributed by atoms with Gasteiger partial charge in [-0.3, -0.25) is 0 Å². The van der Waals surface area contributed by atoms with Crippen LogP contribution < -0.4 is 0 Å². The summed E-state index contributed by atoms with van der Waals surface area (Å²) in [5.41, 5.74) is -0.147. The fourth-order valence-corrected chi connectivity index (χ4v) is 0.777. The Labute approximate surface area is 74.2 Å². The average Bonchev–Trinajstić information content (AvgIpc) is 2.00. The lowest BCUT2D eigenvalue weighted by molar-refractivity contribution is 0.0811. The maximum Gasteiger partial charge on any atom is 0.0798 e. The van der Waals surface area contributed by atoms with Crippen LogP contribution in [0.25, 0.3) is 0 Å². The average molecular weight is 170 g/mol. The molecule has 0 spiro atoms. The third-order valence-electron chi connectivity index (χ3n) is 1.93. The van der Waals surface area contributed by atoms with Crippen LogP contribution in [0.2, 0.25) is 0 Å². The van der Waals surface area contributed by atoms with E-state index in [1.165, 1.54) is 6.08 Å². The first-order chi connectivity index (χ1) is 5.39. The smallest absolute Gasteiger partial charge is 0.0798 e. The highest BCUT2D eigenvalue weighted by Crippen LogP contribution is 2.16. The van der Waals surface area contributed by atoms with E-state index in [2.05, 4.69) is 13.2 Å². The van der Waals surface area contributed by atoms with Gasteiger partial charge in [-0.2, -0.15) is 0 Å². The van der Waals surface area contributed by atoms with Gasteiger partial charge < -0.3 is 10.2 Å². The monoisotopic (exact) mass is 170 g/mol. The molecule has 0 radical (unpaired) electrons. The van der Waals surface area contributed by atoms with Crippen molar-refractivity contribution in [2.24, 2.45) is 0 Å². The Hall–Kier alpha value is -0.600. The molecule has 0 aromatic carbocycles. The molecule has 0 aliphatic carbocycles. The van der Waals surface area contributed by atoms with Crippen LogP contribution in [0.15, 0.2) is 24.8 Å². The van der Waals surface area contributed by atoms with Crippen LogP contribution >= 0.6 is 0 Å². The highest BCUT2D eigenvalue weighted by molar-refractivity contribution is 4.99. The molecule has 0 bridgehead atoms. The highest BCUT2D eigenvalue weighted by Gasteiger charge is 2.17. The van der Waals surface area contributed by atoms with Gasteiger partial charge in [0.2, 0.25) is 0 Å². The second kappa shape index (κ2) is 4.43. The van der Waals surface area contributed by atoms with Gasteiger partial charge in [-0.15, -0.1) is 6.58 Å². The lowest BCUT2D eigenvalue weighted by Crippen LogP contribution is -2.23. The van der Waals surface area contributed by atoms with Gasteiger partial charge in [0.1, 0.15) is 0 Å². The number of aliphatic hydroxyl groups is 2. The van der Waals surface area contributed by atoms with Gasteiger partial charge in [0.15, 0.2) is 0 Å². The van der Waals surface area contributed by atoms with Crippen LogP contribution in [0.3, 0.4) is 0 Å². The summed E-state index contributed by atoms with van der Waals surface area (Å²) in [6.45, 7) is 10.6. The fraction of sp³-hybridized carbons (Fsp3) is 0.600. The second-order valence-electron chi connectivity index (χ2n) is 3.46. The molecule has 12 heavy (non-hydrogen) atoms. The SMILES string of the molecule is C=C[C@@](C)(O)CC[C@H](O)C(=C)C. The Morgan fingerprint density at radius 1 is 1.67 bits per heavy atom. The first-order valence-electron chi connectivity index (χ1n) is 4.08. The topological polar surface area (TPSA) is 40.5 Å². The highest BCUT2D eigenvalue weighted by atomic mass is 16.3. The third-order valence-corrected chi connectivity index (χ3v) is 1.93. The molecule has 0 saturated heterocycles. The molecule has 0 saturated carbocycles. The number of hydrogen-bond acceptors (Lipinski definition) is 2. The minimum atomic E-state index is -0.879. The molecule has 0 aromatic heterocycles. The van der Waals surface area contributed by atoms with Crippen molar-refractivity contribution in [2.75, 3.05) is 0 Å². The number of aliphatic hydroxyl groups excluding tert-OH is 1. The first-order valence-corrected chi connectivity index (χ1v) is 4.08. The lowest BCUT2D eigenvalue weighted by atomic mass is 9.96. The van der Waals surface area contributed by atoms with Crippen molar-refractivity contribution in [2.45, 2.75) is 38.4 Å². The quantitative estimate of drug-likeness (QED) is 0.616. The zero-order valence-corrected chi connectivity index (χ0v) is 7.88. The molecule has 0 amide bonds. The van der Waals surface area contributed by atoms with Gasteiger partial charge in [0.05, 0.1) is 11.7 Å². The summed E-state index contributed by atoms with van der Waals surface area (Å²) in [6.07, 6.45) is 1.99. The Morgan fingerprint density at radius 2 is 2.17 bits per heavy atom. The molecule has 2 atom stereocenters. The van der Waals surface area contributed by atoms with E-state index in [1.807, 2.05) is 0 Å². The molecule has 0 rings (SSSR count). The van der Waals surface area contributed by atoms with Crippen LogP contribution in [0.4, 0.5) is 0 Å². The summed E-state index contributed by atoms with van der Waals surface area (Å²) >= 11 is 0. The second-order valence-corrected chi connectivity index (χ2v) is 3.46. The first kappa shape index (κ1) is 11.4. The van der Waals surface area contributed by atoms with Gasteiger partial charge in [-0.25, -0.2) is 0 Å². The molecular weight excluding hydrogens is 152 g/mol. The molecule has 0 fully saturated rings. The molecule has 2 nitrogen and oxygen atoms in total. The molecule has 0 aliphatic rings. The van der Waals surface area contributed by atoms with E-state index in [-0.39, 0.29) is 0 Å². The molecule has 0 heterocycles. The molecule has 0 aliphatic heterocycles. The van der Waals surface area contributed by atoms with Crippen LogP contribution in [0, 0.1) is 0 Å². The third kappa shape index (κ3) is 4.31. The van der Waals surface area contributed by atoms with E-state index in [9.17, 15) is 10.2 Å². The lowest BCUT2D eigenvalue weighted by Gasteiger charge is -2.20. The van der Waals surface area contributed by atoms with Gasteiger partial charge >= 0.3 is 0 Å². The van der Waals surface area contributed by atoms with Gasteiger partial charge in [-0.1, -0.05) is 18.2 Å². The Balaban J connectivity index is 3.83. The van der Waals surface area contributed by atoms with Crippen LogP contribution in [0.5, 0.6) is 0 Å². The molecule has 70 valence electrons. The Kier molecular flexibility index (Phi) is 4.21. The number of hydrogen-bond donors (Lipinski definition) is 2. The molecule has 2 heteroatoms. The van der Waals surface area contributed by atoms with Crippen LogP contribution in [0.1, 0.15) is 26.7 Å². The van der Waals surface area contributed by atoms with Crippen LogP contribution in [-0.2, 0) is 0 Å². The summed E-state index contributed by atoms with van der Waals surface area (Å²) in [6, 6.07) is 0. The predicted molar refractivity (Wildman–Crippen MR) is 50.9 cm³/mol. The minimum absolute atomic E-state index is 0.504. The van der Waals surface area contributed by atoms with E-state index < -0.39 is 11.7 Å².